The number of anilines is 1. The standard InChI is InChI=1S/C23H19ClN2O6S/c1-31-23(28)20(17-4-2-3-5-18(17)24)15-10-14-11-19(33-21(14)25-12-15)32-22(27)13-6-8-16(9-7-13)26(29)30/h2-9,11,15,20,25H,10,12H2,1H3. The first kappa shape index (κ1) is 22.8. The molecule has 8 nitrogen and oxygen atoms in total. The summed E-state index contributed by atoms with van der Waals surface area (Å²) in [5.74, 6) is -1.63. The van der Waals surface area contributed by atoms with Crippen molar-refractivity contribution in [2.75, 3.05) is 19.0 Å². The number of nitrogens with one attached hydrogen (secondary N) is 1. The summed E-state index contributed by atoms with van der Waals surface area (Å²) < 4.78 is 10.5. The van der Waals surface area contributed by atoms with E-state index in [9.17, 15) is 19.7 Å². The van der Waals surface area contributed by atoms with Gasteiger partial charge < -0.3 is 14.8 Å². The minimum absolute atomic E-state index is 0.105. The number of hydrogen-bond donors (Lipinski definition) is 1. The number of nitrogens with zero attached hydrogens (tertiary/aromatic N) is 1. The zero-order valence-electron chi connectivity index (χ0n) is 17.4. The SMILES string of the molecule is COC(=O)C(c1ccccc1Cl)C1CNc2sc(OC(=O)c3ccc([N+](=O)[O-])cc3)cc2C1. The summed E-state index contributed by atoms with van der Waals surface area (Å²) in [6.45, 7) is 0.522. The quantitative estimate of drug-likeness (QED) is 0.294. The Morgan fingerprint density at radius 1 is 1.21 bits per heavy atom. The Kier molecular flexibility index (Phi) is 6.62. The van der Waals surface area contributed by atoms with Gasteiger partial charge in [-0.15, -0.1) is 0 Å². The van der Waals surface area contributed by atoms with E-state index in [-0.39, 0.29) is 23.1 Å². The van der Waals surface area contributed by atoms with Crippen LogP contribution < -0.4 is 10.1 Å². The molecule has 2 heterocycles. The zero-order chi connectivity index (χ0) is 23.5. The summed E-state index contributed by atoms with van der Waals surface area (Å²) in [7, 11) is 1.36. The lowest BCUT2D eigenvalue weighted by Crippen LogP contribution is -2.32. The van der Waals surface area contributed by atoms with Gasteiger partial charge in [0.25, 0.3) is 5.69 Å². The number of halogens is 1. The van der Waals surface area contributed by atoms with Crippen LogP contribution in [0.2, 0.25) is 5.02 Å². The minimum Gasteiger partial charge on any atom is -0.469 e. The van der Waals surface area contributed by atoms with Crippen LogP contribution in [0.1, 0.15) is 27.4 Å². The van der Waals surface area contributed by atoms with Gasteiger partial charge in [-0.1, -0.05) is 41.1 Å². The Balaban J connectivity index is 1.51. The Hall–Kier alpha value is -3.43. The number of methoxy groups -OCH3 is 1. The van der Waals surface area contributed by atoms with Gasteiger partial charge in [0.1, 0.15) is 0 Å². The molecule has 0 spiro atoms. The highest BCUT2D eigenvalue weighted by Gasteiger charge is 2.35. The first-order valence-corrected chi connectivity index (χ1v) is 11.2. The van der Waals surface area contributed by atoms with Crippen molar-refractivity contribution < 1.29 is 24.0 Å². The number of carbonyl (C=O) groups excluding carboxylic acids is 2. The van der Waals surface area contributed by atoms with Crippen LogP contribution in [0.15, 0.2) is 54.6 Å². The van der Waals surface area contributed by atoms with Crippen molar-refractivity contribution in [3.8, 4) is 5.06 Å². The molecule has 1 aliphatic heterocycles. The number of esters is 2. The number of carbonyl (C=O) groups is 2. The molecule has 1 aromatic heterocycles. The van der Waals surface area contributed by atoms with Gasteiger partial charge in [-0.2, -0.15) is 0 Å². The lowest BCUT2D eigenvalue weighted by molar-refractivity contribution is -0.384. The van der Waals surface area contributed by atoms with E-state index < -0.39 is 16.8 Å². The Labute approximate surface area is 198 Å². The molecule has 4 rings (SSSR count). The minimum atomic E-state index is -0.608. The van der Waals surface area contributed by atoms with Crippen LogP contribution in [0.5, 0.6) is 5.06 Å². The van der Waals surface area contributed by atoms with E-state index in [2.05, 4.69) is 5.32 Å². The maximum Gasteiger partial charge on any atom is 0.344 e. The summed E-state index contributed by atoms with van der Waals surface area (Å²) in [5.41, 5.74) is 1.74. The summed E-state index contributed by atoms with van der Waals surface area (Å²) in [6.07, 6.45) is 0.568. The topological polar surface area (TPSA) is 108 Å². The molecule has 0 radical (unpaired) electrons. The first-order chi connectivity index (χ1) is 15.9. The third-order valence-corrected chi connectivity index (χ3v) is 6.82. The van der Waals surface area contributed by atoms with Gasteiger partial charge in [-0.3, -0.25) is 14.9 Å². The van der Waals surface area contributed by atoms with Crippen LogP contribution in [0.25, 0.3) is 0 Å². The number of nitro benzene ring substituents is 1. The number of ether oxygens (including phenoxy) is 2. The van der Waals surface area contributed by atoms with E-state index in [0.29, 0.717) is 28.6 Å². The number of nitro groups is 1. The van der Waals surface area contributed by atoms with E-state index in [1.165, 1.54) is 42.7 Å². The van der Waals surface area contributed by atoms with Crippen molar-refractivity contribution in [3.63, 3.8) is 0 Å². The molecule has 10 heteroatoms. The van der Waals surface area contributed by atoms with Gasteiger partial charge in [0.15, 0.2) is 5.06 Å². The van der Waals surface area contributed by atoms with Crippen LogP contribution in [0.3, 0.4) is 0 Å². The Morgan fingerprint density at radius 3 is 2.61 bits per heavy atom. The van der Waals surface area contributed by atoms with Crippen LogP contribution in [-0.4, -0.2) is 30.5 Å². The fourth-order valence-corrected chi connectivity index (χ4v) is 5.07. The monoisotopic (exact) mass is 486 g/mol. The first-order valence-electron chi connectivity index (χ1n) is 10.0. The van der Waals surface area contributed by atoms with Crippen molar-refractivity contribution in [1.29, 1.82) is 0 Å². The highest BCUT2D eigenvalue weighted by Crippen LogP contribution is 2.42. The highest BCUT2D eigenvalue weighted by atomic mass is 35.5. The largest absolute Gasteiger partial charge is 0.469 e. The lowest BCUT2D eigenvalue weighted by Gasteiger charge is -2.30. The van der Waals surface area contributed by atoms with Gasteiger partial charge in [-0.05, 0) is 47.7 Å². The van der Waals surface area contributed by atoms with Gasteiger partial charge in [-0.25, -0.2) is 4.79 Å². The maximum absolute atomic E-state index is 12.6. The van der Waals surface area contributed by atoms with Crippen molar-refractivity contribution in [3.05, 3.63) is 86.4 Å². The molecule has 3 aromatic rings. The second-order valence-corrected chi connectivity index (χ2v) is 8.90. The van der Waals surface area contributed by atoms with E-state index >= 15 is 0 Å². The lowest BCUT2D eigenvalue weighted by atomic mass is 9.81. The maximum atomic E-state index is 12.6. The molecular weight excluding hydrogens is 468 g/mol. The summed E-state index contributed by atoms with van der Waals surface area (Å²) in [5, 5.41) is 15.8. The van der Waals surface area contributed by atoms with E-state index in [1.54, 1.807) is 12.1 Å². The number of fused-ring (bicyclic) bond motifs is 1. The smallest absolute Gasteiger partial charge is 0.344 e. The molecular formula is C23H19ClN2O6S. The molecule has 33 heavy (non-hydrogen) atoms. The van der Waals surface area contributed by atoms with Crippen LogP contribution in [0.4, 0.5) is 10.7 Å². The fraction of sp³-hybridized carbons (Fsp3) is 0.217. The number of non-ortho nitro benzene ring substituents is 1. The zero-order valence-corrected chi connectivity index (χ0v) is 19.0. The molecule has 1 aliphatic rings. The van der Waals surface area contributed by atoms with Crippen molar-refractivity contribution in [2.45, 2.75) is 12.3 Å². The van der Waals surface area contributed by atoms with Crippen LogP contribution >= 0.6 is 22.9 Å². The van der Waals surface area contributed by atoms with Gasteiger partial charge >= 0.3 is 11.9 Å². The number of benzene rings is 2. The van der Waals surface area contributed by atoms with Gasteiger partial charge in [0.2, 0.25) is 0 Å². The van der Waals surface area contributed by atoms with Crippen molar-refractivity contribution >= 4 is 45.6 Å². The molecule has 2 unspecified atom stereocenters. The Morgan fingerprint density at radius 2 is 1.94 bits per heavy atom. The average Bonchev–Trinajstić information content (AvgIpc) is 3.22. The van der Waals surface area contributed by atoms with Crippen LogP contribution in [-0.2, 0) is 16.0 Å². The molecule has 2 aromatic carbocycles. The second kappa shape index (κ2) is 9.60. The predicted molar refractivity (Wildman–Crippen MR) is 124 cm³/mol. The molecule has 0 fully saturated rings. The van der Waals surface area contributed by atoms with Gasteiger partial charge in [0, 0.05) is 23.7 Å². The molecule has 0 amide bonds. The van der Waals surface area contributed by atoms with Crippen LogP contribution in [0, 0.1) is 16.0 Å². The molecule has 0 saturated carbocycles. The van der Waals surface area contributed by atoms with Gasteiger partial charge in [0.05, 0.1) is 28.5 Å². The highest BCUT2D eigenvalue weighted by molar-refractivity contribution is 7.18. The molecule has 0 saturated heterocycles. The second-order valence-electron chi connectivity index (χ2n) is 7.48. The van der Waals surface area contributed by atoms with Crippen molar-refractivity contribution in [2.24, 2.45) is 5.92 Å². The Bertz CT molecular complexity index is 1210. The third-order valence-electron chi connectivity index (χ3n) is 5.47. The summed E-state index contributed by atoms with van der Waals surface area (Å²) in [4.78, 5) is 35.3. The predicted octanol–water partition coefficient (Wildman–Crippen LogP) is 5.07. The molecule has 1 N–H and O–H groups in total. The van der Waals surface area contributed by atoms with E-state index in [1.807, 2.05) is 18.2 Å². The average molecular weight is 487 g/mol. The summed E-state index contributed by atoms with van der Waals surface area (Å²) in [6, 6.07) is 14.2. The summed E-state index contributed by atoms with van der Waals surface area (Å²) >= 11 is 7.65. The fourth-order valence-electron chi connectivity index (χ4n) is 3.87. The molecule has 0 bridgehead atoms. The molecule has 170 valence electrons. The third kappa shape index (κ3) is 4.84. The molecule has 2 atom stereocenters. The number of rotatable bonds is 6. The van der Waals surface area contributed by atoms with Crippen molar-refractivity contribution in [1.82, 2.24) is 0 Å². The number of hydrogen-bond acceptors (Lipinski definition) is 8. The van der Waals surface area contributed by atoms with E-state index in [0.717, 1.165) is 10.6 Å². The molecule has 0 aliphatic carbocycles. The number of thiophene rings is 1. The van der Waals surface area contributed by atoms with E-state index in [4.69, 9.17) is 21.1 Å². The normalized spacial score (nSPS) is 15.6.